The van der Waals surface area contributed by atoms with Gasteiger partial charge >= 0.3 is 0 Å². The average Bonchev–Trinajstić information content (AvgIpc) is 2.30. The minimum Gasteiger partial charge on any atom is -0.373 e. The standard InChI is InChI=1S/C11H17N3S/c1-9-8-15-7-6-14(9)11-5-3-4-10(12-2)13-11/h3-5,9H,6-8H2,1-2H3,(H,12,13). The van der Waals surface area contributed by atoms with Crippen molar-refractivity contribution in [1.29, 1.82) is 0 Å². The molecule has 1 aromatic rings. The van der Waals surface area contributed by atoms with Gasteiger partial charge in [0.1, 0.15) is 11.6 Å². The Kier molecular flexibility index (Phi) is 3.36. The molecule has 0 saturated carbocycles. The van der Waals surface area contributed by atoms with E-state index in [1.165, 1.54) is 11.5 Å². The van der Waals surface area contributed by atoms with Crippen molar-refractivity contribution in [3.8, 4) is 0 Å². The van der Waals surface area contributed by atoms with Gasteiger partial charge in [0.25, 0.3) is 0 Å². The molecule has 0 bridgehead atoms. The van der Waals surface area contributed by atoms with Crippen molar-refractivity contribution in [3.63, 3.8) is 0 Å². The van der Waals surface area contributed by atoms with E-state index < -0.39 is 0 Å². The van der Waals surface area contributed by atoms with E-state index in [2.05, 4.69) is 34.3 Å². The number of pyridine rings is 1. The number of anilines is 2. The van der Waals surface area contributed by atoms with Gasteiger partial charge in [-0.25, -0.2) is 4.98 Å². The van der Waals surface area contributed by atoms with Gasteiger partial charge in [0.15, 0.2) is 0 Å². The van der Waals surface area contributed by atoms with Crippen LogP contribution < -0.4 is 10.2 Å². The SMILES string of the molecule is CNc1cccc(N2CCSCC2C)n1. The fraction of sp³-hybridized carbons (Fsp3) is 0.545. The number of hydrogen-bond acceptors (Lipinski definition) is 4. The molecule has 0 radical (unpaired) electrons. The van der Waals surface area contributed by atoms with Crippen molar-refractivity contribution in [3.05, 3.63) is 18.2 Å². The van der Waals surface area contributed by atoms with Crippen molar-refractivity contribution in [2.45, 2.75) is 13.0 Å². The Bertz CT molecular complexity index is 329. The Hall–Kier alpha value is -0.900. The van der Waals surface area contributed by atoms with Crippen LogP contribution in [-0.4, -0.2) is 36.1 Å². The molecule has 2 rings (SSSR count). The van der Waals surface area contributed by atoms with E-state index in [0.29, 0.717) is 6.04 Å². The van der Waals surface area contributed by atoms with E-state index in [0.717, 1.165) is 18.2 Å². The van der Waals surface area contributed by atoms with Crippen LogP contribution in [0.3, 0.4) is 0 Å². The van der Waals surface area contributed by atoms with Gasteiger partial charge in [0.2, 0.25) is 0 Å². The molecule has 1 aliphatic heterocycles. The van der Waals surface area contributed by atoms with Crippen LogP contribution in [0.5, 0.6) is 0 Å². The molecule has 1 N–H and O–H groups in total. The summed E-state index contributed by atoms with van der Waals surface area (Å²) >= 11 is 2.03. The average molecular weight is 223 g/mol. The molecule has 0 amide bonds. The monoisotopic (exact) mass is 223 g/mol. The first-order chi connectivity index (χ1) is 7.31. The summed E-state index contributed by atoms with van der Waals surface area (Å²) < 4.78 is 0. The summed E-state index contributed by atoms with van der Waals surface area (Å²) in [6.45, 7) is 3.37. The minimum absolute atomic E-state index is 0.586. The zero-order chi connectivity index (χ0) is 10.7. The Labute approximate surface area is 95.3 Å². The maximum atomic E-state index is 4.57. The summed E-state index contributed by atoms with van der Waals surface area (Å²) in [5.41, 5.74) is 0. The second kappa shape index (κ2) is 4.75. The van der Waals surface area contributed by atoms with Gasteiger partial charge in [0, 0.05) is 31.1 Å². The lowest BCUT2D eigenvalue weighted by atomic mass is 10.3. The molecule has 0 aromatic carbocycles. The Morgan fingerprint density at radius 1 is 1.53 bits per heavy atom. The van der Waals surface area contributed by atoms with E-state index in [1.54, 1.807) is 0 Å². The molecule has 4 heteroatoms. The van der Waals surface area contributed by atoms with E-state index in [1.807, 2.05) is 24.9 Å². The fourth-order valence-electron chi connectivity index (χ4n) is 1.79. The van der Waals surface area contributed by atoms with E-state index in [-0.39, 0.29) is 0 Å². The molecule has 1 aliphatic rings. The summed E-state index contributed by atoms with van der Waals surface area (Å²) in [7, 11) is 1.90. The topological polar surface area (TPSA) is 28.2 Å². The number of hydrogen-bond donors (Lipinski definition) is 1. The number of thioether (sulfide) groups is 1. The van der Waals surface area contributed by atoms with Crippen LogP contribution >= 0.6 is 11.8 Å². The Balaban J connectivity index is 2.19. The molecular formula is C11H17N3S. The van der Waals surface area contributed by atoms with Gasteiger partial charge in [-0.05, 0) is 19.1 Å². The Morgan fingerprint density at radius 2 is 2.40 bits per heavy atom. The minimum atomic E-state index is 0.586. The normalized spacial score (nSPS) is 21.5. The van der Waals surface area contributed by atoms with Crippen LogP contribution in [-0.2, 0) is 0 Å². The van der Waals surface area contributed by atoms with Crippen LogP contribution in [0.4, 0.5) is 11.6 Å². The predicted octanol–water partition coefficient (Wildman–Crippen LogP) is 2.06. The highest BCUT2D eigenvalue weighted by molar-refractivity contribution is 7.99. The van der Waals surface area contributed by atoms with Crippen LogP contribution in [0.15, 0.2) is 18.2 Å². The lowest BCUT2D eigenvalue weighted by molar-refractivity contribution is 0.690. The second-order valence-electron chi connectivity index (χ2n) is 3.75. The number of nitrogens with zero attached hydrogens (tertiary/aromatic N) is 2. The molecule has 1 saturated heterocycles. The molecule has 2 heterocycles. The molecule has 0 spiro atoms. The summed E-state index contributed by atoms with van der Waals surface area (Å²) in [4.78, 5) is 6.96. The first-order valence-electron chi connectivity index (χ1n) is 5.30. The van der Waals surface area contributed by atoms with Gasteiger partial charge < -0.3 is 10.2 Å². The summed E-state index contributed by atoms with van der Waals surface area (Å²) in [5, 5.41) is 3.08. The third kappa shape index (κ3) is 2.37. The van der Waals surface area contributed by atoms with Gasteiger partial charge in [-0.3, -0.25) is 0 Å². The molecule has 0 aliphatic carbocycles. The van der Waals surface area contributed by atoms with Crippen molar-refractivity contribution in [2.75, 3.05) is 35.3 Å². The first-order valence-corrected chi connectivity index (χ1v) is 6.46. The highest BCUT2D eigenvalue weighted by Crippen LogP contribution is 2.22. The van der Waals surface area contributed by atoms with Gasteiger partial charge in [0.05, 0.1) is 0 Å². The van der Waals surface area contributed by atoms with Gasteiger partial charge in [-0.1, -0.05) is 6.07 Å². The molecule has 1 unspecified atom stereocenters. The van der Waals surface area contributed by atoms with E-state index >= 15 is 0 Å². The van der Waals surface area contributed by atoms with Crippen molar-refractivity contribution < 1.29 is 0 Å². The van der Waals surface area contributed by atoms with Crippen molar-refractivity contribution in [1.82, 2.24) is 4.98 Å². The van der Waals surface area contributed by atoms with E-state index in [9.17, 15) is 0 Å². The second-order valence-corrected chi connectivity index (χ2v) is 4.90. The number of aromatic nitrogens is 1. The molecule has 15 heavy (non-hydrogen) atoms. The van der Waals surface area contributed by atoms with Crippen LogP contribution in [0.25, 0.3) is 0 Å². The number of nitrogens with one attached hydrogen (secondary N) is 1. The largest absolute Gasteiger partial charge is 0.373 e. The van der Waals surface area contributed by atoms with Crippen LogP contribution in [0, 0.1) is 0 Å². The first kappa shape index (κ1) is 10.6. The lowest BCUT2D eigenvalue weighted by Crippen LogP contribution is -2.40. The predicted molar refractivity (Wildman–Crippen MR) is 67.9 cm³/mol. The number of rotatable bonds is 2. The van der Waals surface area contributed by atoms with Gasteiger partial charge in [-0.15, -0.1) is 0 Å². The third-order valence-corrected chi connectivity index (χ3v) is 3.84. The molecule has 3 nitrogen and oxygen atoms in total. The maximum Gasteiger partial charge on any atom is 0.131 e. The third-order valence-electron chi connectivity index (χ3n) is 2.65. The van der Waals surface area contributed by atoms with Crippen LogP contribution in [0.2, 0.25) is 0 Å². The smallest absolute Gasteiger partial charge is 0.131 e. The summed E-state index contributed by atoms with van der Waals surface area (Å²) in [6.07, 6.45) is 0. The van der Waals surface area contributed by atoms with Crippen LogP contribution in [0.1, 0.15) is 6.92 Å². The van der Waals surface area contributed by atoms with E-state index in [4.69, 9.17) is 0 Å². The molecular weight excluding hydrogens is 206 g/mol. The van der Waals surface area contributed by atoms with Crippen molar-refractivity contribution >= 4 is 23.4 Å². The highest BCUT2D eigenvalue weighted by Gasteiger charge is 2.19. The molecule has 1 fully saturated rings. The summed E-state index contributed by atoms with van der Waals surface area (Å²) in [6, 6.07) is 6.73. The fourth-order valence-corrected chi connectivity index (χ4v) is 2.80. The molecule has 1 atom stereocenters. The van der Waals surface area contributed by atoms with Gasteiger partial charge in [-0.2, -0.15) is 11.8 Å². The molecule has 1 aromatic heterocycles. The molecule has 82 valence electrons. The zero-order valence-corrected chi connectivity index (χ0v) is 10.0. The summed E-state index contributed by atoms with van der Waals surface area (Å²) in [5.74, 6) is 4.44. The zero-order valence-electron chi connectivity index (χ0n) is 9.23. The Morgan fingerprint density at radius 3 is 3.13 bits per heavy atom. The lowest BCUT2D eigenvalue weighted by Gasteiger charge is -2.34. The van der Waals surface area contributed by atoms with Crippen molar-refractivity contribution in [2.24, 2.45) is 0 Å². The quantitative estimate of drug-likeness (QED) is 0.831. The maximum absolute atomic E-state index is 4.57. The highest BCUT2D eigenvalue weighted by atomic mass is 32.2.